The molecule has 0 bridgehead atoms. The molecule has 4 nitrogen and oxygen atoms in total. The summed E-state index contributed by atoms with van der Waals surface area (Å²) in [5, 5.41) is 0. The second kappa shape index (κ2) is 12.5. The number of hydrogen-bond donors (Lipinski definition) is 0. The minimum absolute atomic E-state index is 0.167. The van der Waals surface area contributed by atoms with Crippen molar-refractivity contribution in [2.24, 2.45) is 0 Å². The van der Waals surface area contributed by atoms with Gasteiger partial charge in [0, 0.05) is 12.8 Å². The number of benzene rings is 1. The van der Waals surface area contributed by atoms with Gasteiger partial charge in [-0.3, -0.25) is 9.59 Å². The van der Waals surface area contributed by atoms with Gasteiger partial charge in [0.1, 0.15) is 13.2 Å². The van der Waals surface area contributed by atoms with Crippen LogP contribution in [-0.4, -0.2) is 11.9 Å². The average molecular weight is 348 g/mol. The molecule has 0 unspecified atom stereocenters. The summed E-state index contributed by atoms with van der Waals surface area (Å²) in [4.78, 5) is 23.6. The van der Waals surface area contributed by atoms with E-state index in [1.807, 2.05) is 25.1 Å². The molecule has 4 heteroatoms. The molecule has 0 aliphatic rings. The Labute approximate surface area is 151 Å². The molecular weight excluding hydrogens is 316 g/mol. The smallest absolute Gasteiger partial charge is 0.306 e. The van der Waals surface area contributed by atoms with E-state index in [0.29, 0.717) is 12.8 Å². The fraction of sp³-hybridized carbons (Fsp3) is 0.619. The van der Waals surface area contributed by atoms with E-state index in [0.717, 1.165) is 55.2 Å². The molecule has 0 saturated carbocycles. The molecule has 0 aromatic heterocycles. The van der Waals surface area contributed by atoms with Crippen LogP contribution >= 0.6 is 0 Å². The maximum absolute atomic E-state index is 11.8. The van der Waals surface area contributed by atoms with Gasteiger partial charge in [-0.05, 0) is 36.5 Å². The summed E-state index contributed by atoms with van der Waals surface area (Å²) >= 11 is 0. The number of hydrogen-bond acceptors (Lipinski definition) is 4. The summed E-state index contributed by atoms with van der Waals surface area (Å²) in [6.07, 6.45) is 6.90. The first kappa shape index (κ1) is 21.2. The van der Waals surface area contributed by atoms with Crippen LogP contribution in [0, 0.1) is 6.92 Å². The molecule has 0 aliphatic carbocycles. The van der Waals surface area contributed by atoms with E-state index in [1.54, 1.807) is 0 Å². The van der Waals surface area contributed by atoms with Crippen LogP contribution < -0.4 is 0 Å². The SMILES string of the molecule is CCCCCC(=O)OCc1cccc(C)c1COC(=O)CCCCC. The van der Waals surface area contributed by atoms with Crippen molar-refractivity contribution in [1.82, 2.24) is 0 Å². The highest BCUT2D eigenvalue weighted by Gasteiger charge is 2.11. The molecule has 1 rings (SSSR count). The van der Waals surface area contributed by atoms with Crippen molar-refractivity contribution >= 4 is 11.9 Å². The number of esters is 2. The van der Waals surface area contributed by atoms with Crippen molar-refractivity contribution < 1.29 is 19.1 Å². The van der Waals surface area contributed by atoms with Gasteiger partial charge in [-0.25, -0.2) is 0 Å². The first-order valence-corrected chi connectivity index (χ1v) is 9.47. The molecule has 0 atom stereocenters. The zero-order valence-corrected chi connectivity index (χ0v) is 15.9. The lowest BCUT2D eigenvalue weighted by molar-refractivity contribution is -0.146. The average Bonchev–Trinajstić information content (AvgIpc) is 2.59. The predicted molar refractivity (Wildman–Crippen MR) is 99.1 cm³/mol. The van der Waals surface area contributed by atoms with Crippen molar-refractivity contribution in [3.05, 3.63) is 34.9 Å². The number of carbonyl (C=O) groups is 2. The third-order valence-corrected chi connectivity index (χ3v) is 4.24. The van der Waals surface area contributed by atoms with Crippen molar-refractivity contribution in [1.29, 1.82) is 0 Å². The van der Waals surface area contributed by atoms with E-state index < -0.39 is 0 Å². The summed E-state index contributed by atoms with van der Waals surface area (Å²) in [5.74, 6) is -0.336. The highest BCUT2D eigenvalue weighted by Crippen LogP contribution is 2.18. The summed E-state index contributed by atoms with van der Waals surface area (Å²) in [6, 6.07) is 5.83. The lowest BCUT2D eigenvalue weighted by Crippen LogP contribution is -2.10. The van der Waals surface area contributed by atoms with Gasteiger partial charge in [0.15, 0.2) is 0 Å². The van der Waals surface area contributed by atoms with E-state index in [2.05, 4.69) is 13.8 Å². The largest absolute Gasteiger partial charge is 0.461 e. The van der Waals surface area contributed by atoms with E-state index in [4.69, 9.17) is 9.47 Å². The van der Waals surface area contributed by atoms with Crippen LogP contribution in [0.5, 0.6) is 0 Å². The molecule has 0 radical (unpaired) electrons. The Morgan fingerprint density at radius 1 is 0.840 bits per heavy atom. The normalized spacial score (nSPS) is 10.5. The maximum atomic E-state index is 11.8. The minimum atomic E-state index is -0.169. The molecule has 0 N–H and O–H groups in total. The molecule has 0 fully saturated rings. The Morgan fingerprint density at radius 3 is 1.96 bits per heavy atom. The molecule has 0 heterocycles. The minimum Gasteiger partial charge on any atom is -0.461 e. The fourth-order valence-corrected chi connectivity index (χ4v) is 2.60. The molecule has 0 saturated heterocycles. The monoisotopic (exact) mass is 348 g/mol. The first-order valence-electron chi connectivity index (χ1n) is 9.47. The fourth-order valence-electron chi connectivity index (χ4n) is 2.60. The molecular formula is C21H32O4. The molecule has 25 heavy (non-hydrogen) atoms. The van der Waals surface area contributed by atoms with Crippen LogP contribution in [0.15, 0.2) is 18.2 Å². The number of rotatable bonds is 12. The first-order chi connectivity index (χ1) is 12.1. The van der Waals surface area contributed by atoms with Gasteiger partial charge in [0.2, 0.25) is 0 Å². The van der Waals surface area contributed by atoms with E-state index in [9.17, 15) is 9.59 Å². The molecule has 0 amide bonds. The topological polar surface area (TPSA) is 52.6 Å². The van der Waals surface area contributed by atoms with Gasteiger partial charge in [-0.2, -0.15) is 0 Å². The van der Waals surface area contributed by atoms with Crippen LogP contribution in [0.1, 0.15) is 81.9 Å². The highest BCUT2D eigenvalue weighted by molar-refractivity contribution is 5.70. The van der Waals surface area contributed by atoms with Crippen molar-refractivity contribution in [3.63, 3.8) is 0 Å². The molecule has 0 aliphatic heterocycles. The molecule has 0 spiro atoms. The summed E-state index contributed by atoms with van der Waals surface area (Å²) in [5.41, 5.74) is 2.89. The summed E-state index contributed by atoms with van der Waals surface area (Å²) in [7, 11) is 0. The van der Waals surface area contributed by atoms with Gasteiger partial charge in [0.05, 0.1) is 0 Å². The van der Waals surface area contributed by atoms with Crippen LogP contribution in [0.2, 0.25) is 0 Å². The Bertz CT molecular complexity index is 537. The second-order valence-corrected chi connectivity index (χ2v) is 6.45. The summed E-state index contributed by atoms with van der Waals surface area (Å²) in [6.45, 7) is 6.66. The predicted octanol–water partition coefficient (Wildman–Crippen LogP) is 5.24. The van der Waals surface area contributed by atoms with E-state index >= 15 is 0 Å². The van der Waals surface area contributed by atoms with Gasteiger partial charge in [0.25, 0.3) is 0 Å². The number of carbonyl (C=O) groups excluding carboxylic acids is 2. The third-order valence-electron chi connectivity index (χ3n) is 4.24. The van der Waals surface area contributed by atoms with Crippen molar-refractivity contribution in [2.45, 2.75) is 85.4 Å². The van der Waals surface area contributed by atoms with Gasteiger partial charge in [-0.15, -0.1) is 0 Å². The quantitative estimate of drug-likeness (QED) is 0.383. The molecule has 1 aromatic carbocycles. The van der Waals surface area contributed by atoms with Crippen LogP contribution in [-0.2, 0) is 32.3 Å². The van der Waals surface area contributed by atoms with Crippen LogP contribution in [0.4, 0.5) is 0 Å². The van der Waals surface area contributed by atoms with Crippen molar-refractivity contribution in [2.75, 3.05) is 0 Å². The Balaban J connectivity index is 2.53. The lowest BCUT2D eigenvalue weighted by Gasteiger charge is -2.13. The van der Waals surface area contributed by atoms with E-state index in [-0.39, 0.29) is 25.2 Å². The third kappa shape index (κ3) is 8.71. The van der Waals surface area contributed by atoms with Crippen LogP contribution in [0.25, 0.3) is 0 Å². The van der Waals surface area contributed by atoms with E-state index in [1.165, 1.54) is 0 Å². The zero-order valence-electron chi connectivity index (χ0n) is 15.9. The number of ether oxygens (including phenoxy) is 2. The standard InChI is InChI=1S/C21H32O4/c1-4-6-8-13-20(22)24-15-18-12-10-11-17(3)19(18)16-25-21(23)14-9-7-5-2/h10-12H,4-9,13-16H2,1-3H3. The second-order valence-electron chi connectivity index (χ2n) is 6.45. The van der Waals surface area contributed by atoms with Gasteiger partial charge < -0.3 is 9.47 Å². The number of aryl methyl sites for hydroxylation is 1. The Kier molecular flexibility index (Phi) is 10.6. The lowest BCUT2D eigenvalue weighted by atomic mass is 10.0. The zero-order chi connectivity index (χ0) is 18.5. The Hall–Kier alpha value is -1.84. The van der Waals surface area contributed by atoms with Crippen molar-refractivity contribution in [3.8, 4) is 0 Å². The van der Waals surface area contributed by atoms with Gasteiger partial charge >= 0.3 is 11.9 Å². The molecule has 1 aromatic rings. The maximum Gasteiger partial charge on any atom is 0.306 e. The Morgan fingerprint density at radius 2 is 1.40 bits per heavy atom. The molecule has 140 valence electrons. The van der Waals surface area contributed by atoms with Gasteiger partial charge in [-0.1, -0.05) is 57.7 Å². The van der Waals surface area contributed by atoms with Crippen LogP contribution in [0.3, 0.4) is 0 Å². The number of unbranched alkanes of at least 4 members (excludes halogenated alkanes) is 4. The highest BCUT2D eigenvalue weighted by atomic mass is 16.5. The summed E-state index contributed by atoms with van der Waals surface area (Å²) < 4.78 is 10.8.